The fraction of sp³-hybridized carbons (Fsp3) is 0.348. The van der Waals surface area contributed by atoms with E-state index in [-0.39, 0.29) is 6.10 Å². The third kappa shape index (κ3) is 3.29. The summed E-state index contributed by atoms with van der Waals surface area (Å²) in [6, 6.07) is 16.8. The molecule has 0 aliphatic carbocycles. The summed E-state index contributed by atoms with van der Waals surface area (Å²) in [5, 5.41) is 10.3. The minimum atomic E-state index is -0.795. The van der Waals surface area contributed by atoms with Crippen LogP contribution < -0.4 is 0 Å². The number of ether oxygens (including phenoxy) is 2. The molecule has 28 heavy (non-hydrogen) atoms. The molecule has 2 aliphatic rings. The van der Waals surface area contributed by atoms with Crippen LogP contribution in [-0.2, 0) is 28.3 Å². The van der Waals surface area contributed by atoms with Crippen LogP contribution in [0.25, 0.3) is 10.6 Å². The summed E-state index contributed by atoms with van der Waals surface area (Å²) in [5.41, 5.74) is 4.48. The fourth-order valence-electron chi connectivity index (χ4n) is 4.27. The predicted molar refractivity (Wildman–Crippen MR) is 109 cm³/mol. The molecule has 5 rings (SSSR count). The van der Waals surface area contributed by atoms with Gasteiger partial charge in [0.05, 0.1) is 29.4 Å². The summed E-state index contributed by atoms with van der Waals surface area (Å²) in [7, 11) is 0. The average Bonchev–Trinajstić information content (AvgIpc) is 3.27. The van der Waals surface area contributed by atoms with Crippen molar-refractivity contribution in [2.45, 2.75) is 50.8 Å². The number of thiophene rings is 1. The second kappa shape index (κ2) is 7.08. The second-order valence-corrected chi connectivity index (χ2v) is 8.88. The van der Waals surface area contributed by atoms with E-state index in [1.54, 1.807) is 11.3 Å². The number of hydrogen-bond donors (Lipinski definition) is 1. The molecular weight excluding hydrogens is 370 g/mol. The molecule has 1 N–H and O–H groups in total. The number of aromatic nitrogens is 1. The van der Waals surface area contributed by atoms with E-state index in [9.17, 15) is 5.11 Å². The van der Waals surface area contributed by atoms with Crippen molar-refractivity contribution < 1.29 is 14.6 Å². The van der Waals surface area contributed by atoms with Gasteiger partial charge in [-0.05, 0) is 54.8 Å². The second-order valence-electron chi connectivity index (χ2n) is 7.71. The molecule has 1 spiro atoms. The zero-order valence-corrected chi connectivity index (χ0v) is 16.6. The zero-order chi connectivity index (χ0) is 19.1. The Kier molecular flexibility index (Phi) is 4.56. The van der Waals surface area contributed by atoms with Crippen LogP contribution in [0.5, 0.6) is 0 Å². The van der Waals surface area contributed by atoms with Crippen molar-refractivity contribution in [2.24, 2.45) is 0 Å². The number of rotatable bonds is 3. The summed E-state index contributed by atoms with van der Waals surface area (Å²) in [5.74, 6) is -0.795. The first-order valence-corrected chi connectivity index (χ1v) is 10.6. The van der Waals surface area contributed by atoms with E-state index in [0.29, 0.717) is 19.4 Å². The molecule has 0 amide bonds. The van der Waals surface area contributed by atoms with Crippen molar-refractivity contribution in [1.29, 1.82) is 0 Å². The van der Waals surface area contributed by atoms with Gasteiger partial charge in [0.15, 0.2) is 5.79 Å². The first-order chi connectivity index (χ1) is 13.6. The summed E-state index contributed by atoms with van der Waals surface area (Å²) in [6.07, 6.45) is 3.43. The van der Waals surface area contributed by atoms with Crippen LogP contribution in [0.1, 0.15) is 41.3 Å². The van der Waals surface area contributed by atoms with Gasteiger partial charge in [0.25, 0.3) is 0 Å². The summed E-state index contributed by atoms with van der Waals surface area (Å²) >= 11 is 1.78. The molecule has 144 valence electrons. The Balaban J connectivity index is 1.41. The first-order valence-electron chi connectivity index (χ1n) is 9.73. The SMILES string of the molecule is CC1CC(O)C[C@@]2(OCc3ccc(Cc4ccc(-c5ccccn5)s4)cc32)O1. The summed E-state index contributed by atoms with van der Waals surface area (Å²) in [4.78, 5) is 6.92. The van der Waals surface area contributed by atoms with Crippen LogP contribution in [0, 0.1) is 0 Å². The molecule has 1 aromatic carbocycles. The van der Waals surface area contributed by atoms with E-state index in [4.69, 9.17) is 9.47 Å². The largest absolute Gasteiger partial charge is 0.393 e. The van der Waals surface area contributed by atoms with E-state index in [2.05, 4.69) is 35.3 Å². The van der Waals surface area contributed by atoms with Crippen molar-refractivity contribution in [3.8, 4) is 10.6 Å². The molecule has 4 nitrogen and oxygen atoms in total. The van der Waals surface area contributed by atoms with Crippen LogP contribution in [0.4, 0.5) is 0 Å². The highest BCUT2D eigenvalue weighted by Gasteiger charge is 2.47. The van der Waals surface area contributed by atoms with E-state index in [1.165, 1.54) is 15.3 Å². The van der Waals surface area contributed by atoms with Crippen molar-refractivity contribution in [2.75, 3.05) is 0 Å². The minimum absolute atomic E-state index is 0.0171. The fourth-order valence-corrected chi connectivity index (χ4v) is 5.29. The lowest BCUT2D eigenvalue weighted by molar-refractivity contribution is -0.295. The molecule has 0 saturated carbocycles. The lowest BCUT2D eigenvalue weighted by Crippen LogP contribution is -2.43. The molecule has 0 bridgehead atoms. The van der Waals surface area contributed by atoms with E-state index >= 15 is 0 Å². The number of aliphatic hydroxyl groups excluding tert-OH is 1. The van der Waals surface area contributed by atoms with Gasteiger partial charge in [-0.1, -0.05) is 18.2 Å². The molecule has 1 saturated heterocycles. The highest BCUT2D eigenvalue weighted by Crippen LogP contribution is 2.45. The maximum absolute atomic E-state index is 10.3. The number of pyridine rings is 1. The average molecular weight is 394 g/mol. The molecule has 5 heteroatoms. The summed E-state index contributed by atoms with van der Waals surface area (Å²) in [6.45, 7) is 2.54. The van der Waals surface area contributed by atoms with E-state index < -0.39 is 11.9 Å². The van der Waals surface area contributed by atoms with Crippen molar-refractivity contribution in [1.82, 2.24) is 4.98 Å². The van der Waals surface area contributed by atoms with Gasteiger partial charge >= 0.3 is 0 Å². The number of fused-ring (bicyclic) bond motifs is 2. The lowest BCUT2D eigenvalue weighted by Gasteiger charge is -2.39. The van der Waals surface area contributed by atoms with Gasteiger partial charge in [-0.2, -0.15) is 0 Å². The molecule has 2 unspecified atom stereocenters. The Bertz CT molecular complexity index is 975. The molecule has 0 radical (unpaired) electrons. The Morgan fingerprint density at radius 2 is 2.14 bits per heavy atom. The van der Waals surface area contributed by atoms with Crippen LogP contribution in [0.3, 0.4) is 0 Å². The number of hydrogen-bond acceptors (Lipinski definition) is 5. The van der Waals surface area contributed by atoms with Crippen LogP contribution in [0.2, 0.25) is 0 Å². The third-order valence-electron chi connectivity index (χ3n) is 5.50. The first kappa shape index (κ1) is 18.0. The van der Waals surface area contributed by atoms with Crippen LogP contribution in [-0.4, -0.2) is 22.3 Å². The molecule has 1 fully saturated rings. The number of benzene rings is 1. The topological polar surface area (TPSA) is 51.6 Å². The van der Waals surface area contributed by atoms with Gasteiger partial charge in [0.1, 0.15) is 0 Å². The lowest BCUT2D eigenvalue weighted by atomic mass is 9.90. The maximum atomic E-state index is 10.3. The normalized spacial score (nSPS) is 26.5. The Morgan fingerprint density at radius 1 is 1.21 bits per heavy atom. The third-order valence-corrected chi connectivity index (χ3v) is 6.61. The van der Waals surface area contributed by atoms with Gasteiger partial charge in [-0.3, -0.25) is 4.98 Å². The van der Waals surface area contributed by atoms with Gasteiger partial charge in [0, 0.05) is 29.5 Å². The van der Waals surface area contributed by atoms with Crippen molar-refractivity contribution in [3.63, 3.8) is 0 Å². The van der Waals surface area contributed by atoms with Gasteiger partial charge < -0.3 is 14.6 Å². The van der Waals surface area contributed by atoms with Gasteiger partial charge in [-0.25, -0.2) is 0 Å². The molecule has 4 heterocycles. The molecule has 2 aliphatic heterocycles. The number of aliphatic hydroxyl groups is 1. The van der Waals surface area contributed by atoms with Gasteiger partial charge in [-0.15, -0.1) is 11.3 Å². The molecular formula is C23H23NO3S. The van der Waals surface area contributed by atoms with Crippen molar-refractivity contribution in [3.05, 3.63) is 76.3 Å². The predicted octanol–water partition coefficient (Wildman–Crippen LogP) is 4.64. The highest BCUT2D eigenvalue weighted by atomic mass is 32.1. The van der Waals surface area contributed by atoms with Gasteiger partial charge in [0.2, 0.25) is 0 Å². The Labute approximate surface area is 168 Å². The number of nitrogens with zero attached hydrogens (tertiary/aromatic N) is 1. The molecule has 2 aromatic heterocycles. The Hall–Kier alpha value is -2.05. The zero-order valence-electron chi connectivity index (χ0n) is 15.8. The molecule has 3 aromatic rings. The standard InChI is InChI=1S/C23H23NO3S/c1-15-10-18(25)13-23(27-15)20-12-16(5-6-17(20)14-26-23)11-19-7-8-22(28-19)21-4-2-3-9-24-21/h2-9,12,15,18,25H,10-11,13-14H2,1H3/t15?,18?,23-/m1/s1. The van der Waals surface area contributed by atoms with Crippen LogP contribution in [0.15, 0.2) is 54.7 Å². The van der Waals surface area contributed by atoms with Crippen LogP contribution >= 0.6 is 11.3 Å². The maximum Gasteiger partial charge on any atom is 0.198 e. The minimum Gasteiger partial charge on any atom is -0.393 e. The quantitative estimate of drug-likeness (QED) is 0.704. The smallest absolute Gasteiger partial charge is 0.198 e. The highest BCUT2D eigenvalue weighted by molar-refractivity contribution is 7.15. The molecule has 3 atom stereocenters. The van der Waals surface area contributed by atoms with E-state index in [0.717, 1.165) is 23.2 Å². The summed E-state index contributed by atoms with van der Waals surface area (Å²) < 4.78 is 12.3. The van der Waals surface area contributed by atoms with Crippen molar-refractivity contribution >= 4 is 11.3 Å². The Morgan fingerprint density at radius 3 is 2.96 bits per heavy atom. The van der Waals surface area contributed by atoms with E-state index in [1.807, 2.05) is 31.3 Å². The monoisotopic (exact) mass is 393 g/mol.